The monoisotopic (exact) mass is 448 g/mol. The lowest BCUT2D eigenvalue weighted by Crippen LogP contribution is -2.50. The number of carbonyl (C=O) groups excluding carboxylic acids is 2. The molecule has 5 N–H and O–H groups in total. The number of hydrogen-bond acceptors (Lipinski definition) is 6. The van der Waals surface area contributed by atoms with E-state index in [4.69, 9.17) is 15.7 Å². The van der Waals surface area contributed by atoms with Crippen molar-refractivity contribution in [1.82, 2.24) is 15.7 Å². The Labute approximate surface area is 193 Å². The molecule has 0 radical (unpaired) electrons. The molecule has 1 unspecified atom stereocenters. The first-order valence-electron chi connectivity index (χ1n) is 10.7. The first-order chi connectivity index (χ1) is 16.1. The normalized spacial score (nSPS) is 14.8. The maximum Gasteiger partial charge on any atom is 0.267 e. The summed E-state index contributed by atoms with van der Waals surface area (Å²) in [5.41, 5.74) is 10.4. The van der Waals surface area contributed by atoms with Crippen molar-refractivity contribution in [2.24, 2.45) is 5.73 Å². The smallest absolute Gasteiger partial charge is 0.267 e. The molecule has 2 aromatic carbocycles. The van der Waals surface area contributed by atoms with Crippen LogP contribution in [0.1, 0.15) is 27.0 Å². The highest BCUT2D eigenvalue weighted by atomic mass is 16.5. The van der Waals surface area contributed by atoms with Crippen LogP contribution >= 0.6 is 0 Å². The second-order valence-corrected chi connectivity index (χ2v) is 7.55. The van der Waals surface area contributed by atoms with Crippen molar-refractivity contribution in [2.45, 2.75) is 12.6 Å². The Morgan fingerprint density at radius 3 is 2.45 bits per heavy atom. The number of allylic oxidation sites excluding steroid dienone is 1. The van der Waals surface area contributed by atoms with Gasteiger partial charge in [0.2, 0.25) is 0 Å². The van der Waals surface area contributed by atoms with Gasteiger partial charge in [0.25, 0.3) is 11.8 Å². The molecule has 1 aliphatic rings. The van der Waals surface area contributed by atoms with E-state index in [1.54, 1.807) is 30.3 Å². The lowest BCUT2D eigenvalue weighted by atomic mass is 10.1. The van der Waals surface area contributed by atoms with Crippen LogP contribution in [0.2, 0.25) is 0 Å². The molecule has 8 heteroatoms. The van der Waals surface area contributed by atoms with Crippen molar-refractivity contribution < 1.29 is 19.5 Å². The number of nitrogens with one attached hydrogen (secondary N) is 2. The molecule has 2 amide bonds. The fourth-order valence-corrected chi connectivity index (χ4v) is 3.27. The van der Waals surface area contributed by atoms with Crippen molar-refractivity contribution >= 4 is 17.9 Å². The third-order valence-corrected chi connectivity index (χ3v) is 5.18. The molecule has 0 spiro atoms. The third kappa shape index (κ3) is 7.56. The number of amides is 2. The van der Waals surface area contributed by atoms with E-state index < -0.39 is 17.9 Å². The summed E-state index contributed by atoms with van der Waals surface area (Å²) >= 11 is 0. The van der Waals surface area contributed by atoms with Gasteiger partial charge in [0, 0.05) is 37.3 Å². The molecule has 0 bridgehead atoms. The van der Waals surface area contributed by atoms with E-state index in [-0.39, 0.29) is 6.54 Å². The van der Waals surface area contributed by atoms with Gasteiger partial charge in [0.15, 0.2) is 0 Å². The number of nitrogens with zero attached hydrogens (tertiary/aromatic N) is 1. The van der Waals surface area contributed by atoms with Crippen LogP contribution in [0.25, 0.3) is 6.08 Å². The molecule has 2 aromatic rings. The molecule has 3 rings (SSSR count). The van der Waals surface area contributed by atoms with E-state index in [1.165, 1.54) is 11.0 Å². The number of morpholine rings is 1. The van der Waals surface area contributed by atoms with Gasteiger partial charge in [0.05, 0.1) is 13.2 Å². The van der Waals surface area contributed by atoms with Crippen LogP contribution < -0.4 is 16.5 Å². The van der Waals surface area contributed by atoms with E-state index >= 15 is 0 Å². The second kappa shape index (κ2) is 12.5. The zero-order valence-electron chi connectivity index (χ0n) is 18.3. The van der Waals surface area contributed by atoms with E-state index in [9.17, 15) is 9.59 Å². The minimum absolute atomic E-state index is 0.131. The van der Waals surface area contributed by atoms with E-state index in [1.807, 2.05) is 18.2 Å². The van der Waals surface area contributed by atoms with Crippen LogP contribution in [0.3, 0.4) is 0 Å². The maximum absolute atomic E-state index is 12.2. The zero-order valence-corrected chi connectivity index (χ0v) is 18.3. The fourth-order valence-electron chi connectivity index (χ4n) is 3.27. The summed E-state index contributed by atoms with van der Waals surface area (Å²) in [6, 6.07) is 14.1. The van der Waals surface area contributed by atoms with Crippen LogP contribution in [-0.4, -0.2) is 60.8 Å². The SMILES string of the molecule is NCC(NC(=O)c1ccc(/C=C\C#Cc2ccc(CN3CCOCC3)cc2)cc1)C(=O)NO. The second-order valence-electron chi connectivity index (χ2n) is 7.55. The molecule has 1 atom stereocenters. The summed E-state index contributed by atoms with van der Waals surface area (Å²) in [6.07, 6.45) is 3.61. The highest BCUT2D eigenvalue weighted by Crippen LogP contribution is 2.09. The molecule has 1 aliphatic heterocycles. The first-order valence-corrected chi connectivity index (χ1v) is 10.7. The van der Waals surface area contributed by atoms with Crippen molar-refractivity contribution in [3.63, 3.8) is 0 Å². The van der Waals surface area contributed by atoms with Gasteiger partial charge in [-0.05, 0) is 47.5 Å². The molecule has 172 valence electrons. The molecule has 0 aliphatic carbocycles. The van der Waals surface area contributed by atoms with Gasteiger partial charge in [-0.3, -0.25) is 19.7 Å². The molecular formula is C25H28N4O4. The highest BCUT2D eigenvalue weighted by molar-refractivity contribution is 5.97. The summed E-state index contributed by atoms with van der Waals surface area (Å²) in [5.74, 6) is 4.91. The summed E-state index contributed by atoms with van der Waals surface area (Å²) in [7, 11) is 0. The van der Waals surface area contributed by atoms with Crippen LogP contribution in [0.15, 0.2) is 54.6 Å². The minimum Gasteiger partial charge on any atom is -0.379 e. The molecular weight excluding hydrogens is 420 g/mol. The number of hydrogen-bond donors (Lipinski definition) is 4. The number of benzene rings is 2. The molecule has 0 aromatic heterocycles. The number of rotatable bonds is 7. The maximum atomic E-state index is 12.2. The number of ether oxygens (including phenoxy) is 1. The lowest BCUT2D eigenvalue weighted by Gasteiger charge is -2.26. The average molecular weight is 449 g/mol. The van der Waals surface area contributed by atoms with Crippen molar-refractivity contribution in [3.05, 3.63) is 76.9 Å². The Hall–Kier alpha value is -3.48. The Morgan fingerprint density at radius 1 is 1.12 bits per heavy atom. The zero-order chi connectivity index (χ0) is 23.5. The Morgan fingerprint density at radius 2 is 1.82 bits per heavy atom. The highest BCUT2D eigenvalue weighted by Gasteiger charge is 2.19. The van der Waals surface area contributed by atoms with E-state index in [0.717, 1.165) is 44.0 Å². The molecule has 8 nitrogen and oxygen atoms in total. The largest absolute Gasteiger partial charge is 0.379 e. The van der Waals surface area contributed by atoms with Gasteiger partial charge in [-0.1, -0.05) is 36.1 Å². The van der Waals surface area contributed by atoms with Crippen molar-refractivity contribution in [2.75, 3.05) is 32.8 Å². The first kappa shape index (κ1) is 24.2. The number of nitrogens with two attached hydrogens (primary N) is 1. The Kier molecular flexibility index (Phi) is 9.18. The average Bonchev–Trinajstić information content (AvgIpc) is 2.86. The fraction of sp³-hybridized carbons (Fsp3) is 0.280. The van der Waals surface area contributed by atoms with E-state index in [2.05, 4.69) is 34.2 Å². The van der Waals surface area contributed by atoms with Crippen LogP contribution in [0, 0.1) is 11.8 Å². The Bertz CT molecular complexity index is 1020. The summed E-state index contributed by atoms with van der Waals surface area (Å²) < 4.78 is 5.38. The molecule has 1 fully saturated rings. The molecule has 33 heavy (non-hydrogen) atoms. The number of hydroxylamine groups is 1. The third-order valence-electron chi connectivity index (χ3n) is 5.18. The predicted octanol–water partition coefficient (Wildman–Crippen LogP) is 1.15. The predicted molar refractivity (Wildman–Crippen MR) is 125 cm³/mol. The Balaban J connectivity index is 1.51. The van der Waals surface area contributed by atoms with Gasteiger partial charge in [-0.25, -0.2) is 5.48 Å². The van der Waals surface area contributed by atoms with Gasteiger partial charge >= 0.3 is 0 Å². The molecule has 1 heterocycles. The van der Waals surface area contributed by atoms with Gasteiger partial charge in [-0.15, -0.1) is 0 Å². The van der Waals surface area contributed by atoms with Gasteiger partial charge < -0.3 is 15.8 Å². The van der Waals surface area contributed by atoms with Crippen LogP contribution in [0.4, 0.5) is 0 Å². The lowest BCUT2D eigenvalue weighted by molar-refractivity contribution is -0.130. The quantitative estimate of drug-likeness (QED) is 0.287. The van der Waals surface area contributed by atoms with Crippen LogP contribution in [0.5, 0.6) is 0 Å². The molecule has 1 saturated heterocycles. The van der Waals surface area contributed by atoms with Gasteiger partial charge in [0.1, 0.15) is 6.04 Å². The molecule has 0 saturated carbocycles. The summed E-state index contributed by atoms with van der Waals surface area (Å²) in [5, 5.41) is 11.1. The van der Waals surface area contributed by atoms with Crippen molar-refractivity contribution in [1.29, 1.82) is 0 Å². The summed E-state index contributed by atoms with van der Waals surface area (Å²) in [4.78, 5) is 26.0. The van der Waals surface area contributed by atoms with E-state index in [0.29, 0.717) is 5.56 Å². The van der Waals surface area contributed by atoms with Gasteiger partial charge in [-0.2, -0.15) is 0 Å². The minimum atomic E-state index is -1.01. The standard InChI is InChI=1S/C25H28N4O4/c26-17-23(25(31)28-32)27-24(30)22-11-9-20(10-12-22)4-2-1-3-19-5-7-21(8-6-19)18-29-13-15-33-16-14-29/h2,4-12,23,32H,13-18,26H2,(H,27,30)(H,28,31)/b4-2-. The van der Waals surface area contributed by atoms with Crippen LogP contribution in [-0.2, 0) is 16.1 Å². The van der Waals surface area contributed by atoms with Crippen molar-refractivity contribution in [3.8, 4) is 11.8 Å². The summed E-state index contributed by atoms with van der Waals surface area (Å²) in [6.45, 7) is 4.31. The number of carbonyl (C=O) groups is 2. The topological polar surface area (TPSA) is 117 Å².